The number of halogens is 1. The summed E-state index contributed by atoms with van der Waals surface area (Å²) >= 11 is 9.90. The van der Waals surface area contributed by atoms with E-state index in [0.717, 1.165) is 40.9 Å². The lowest BCUT2D eigenvalue weighted by Gasteiger charge is -2.27. The standard InChI is InChI=1S/C23H24ClN3OS2/c1-25-18-10-3-2-8-16(18)22-17(9-4-5-11-28)21-23(30-22)19(13-20(24)27-21)26-14-15-7-6-12-29-15/h2-3,6-7,12-13,16,18,25,28H,5,8,10-11,14H2,1H3,(H,26,27). The van der Waals surface area contributed by atoms with Crippen molar-refractivity contribution in [3.63, 3.8) is 0 Å². The van der Waals surface area contributed by atoms with Crippen LogP contribution in [0, 0.1) is 11.8 Å². The number of rotatable bonds is 6. The van der Waals surface area contributed by atoms with Crippen LogP contribution in [0.5, 0.6) is 0 Å². The van der Waals surface area contributed by atoms with Crippen molar-refractivity contribution in [1.29, 1.82) is 0 Å². The van der Waals surface area contributed by atoms with E-state index in [4.69, 9.17) is 11.6 Å². The summed E-state index contributed by atoms with van der Waals surface area (Å²) in [5.41, 5.74) is 2.80. The molecule has 0 bridgehead atoms. The maximum Gasteiger partial charge on any atom is 0.131 e. The minimum atomic E-state index is 0.0531. The van der Waals surface area contributed by atoms with Crippen LogP contribution in [-0.4, -0.2) is 29.8 Å². The Kier molecular flexibility index (Phi) is 7.08. The Labute approximate surface area is 190 Å². The Balaban J connectivity index is 1.81. The minimum Gasteiger partial charge on any atom is -0.395 e. The number of anilines is 1. The fourth-order valence-electron chi connectivity index (χ4n) is 3.79. The van der Waals surface area contributed by atoms with Crippen LogP contribution in [0.4, 0.5) is 5.69 Å². The second kappa shape index (κ2) is 9.95. The van der Waals surface area contributed by atoms with Gasteiger partial charge in [-0.2, -0.15) is 0 Å². The molecule has 0 aliphatic heterocycles. The summed E-state index contributed by atoms with van der Waals surface area (Å²) in [6, 6.07) is 6.44. The first-order valence-electron chi connectivity index (χ1n) is 10.0. The van der Waals surface area contributed by atoms with Crippen molar-refractivity contribution in [2.75, 3.05) is 19.0 Å². The molecule has 3 N–H and O–H groups in total. The van der Waals surface area contributed by atoms with E-state index in [9.17, 15) is 5.11 Å². The van der Waals surface area contributed by atoms with Crippen molar-refractivity contribution in [1.82, 2.24) is 10.3 Å². The van der Waals surface area contributed by atoms with Crippen molar-refractivity contribution in [2.45, 2.75) is 37.8 Å². The quantitative estimate of drug-likeness (QED) is 0.264. The molecular weight excluding hydrogens is 434 g/mol. The lowest BCUT2D eigenvalue weighted by Crippen LogP contribution is -2.33. The maximum absolute atomic E-state index is 9.19. The fraction of sp³-hybridized carbons (Fsp3) is 0.348. The highest BCUT2D eigenvalue weighted by atomic mass is 35.5. The van der Waals surface area contributed by atoms with Gasteiger partial charge >= 0.3 is 0 Å². The Morgan fingerprint density at radius 3 is 2.97 bits per heavy atom. The van der Waals surface area contributed by atoms with Gasteiger partial charge < -0.3 is 15.7 Å². The molecule has 30 heavy (non-hydrogen) atoms. The maximum atomic E-state index is 9.19. The minimum absolute atomic E-state index is 0.0531. The molecule has 0 aromatic carbocycles. The molecule has 3 heterocycles. The zero-order chi connectivity index (χ0) is 20.9. The van der Waals surface area contributed by atoms with Gasteiger partial charge in [-0.1, -0.05) is 41.7 Å². The number of allylic oxidation sites excluding steroid dienone is 1. The molecule has 7 heteroatoms. The largest absolute Gasteiger partial charge is 0.395 e. The highest BCUT2D eigenvalue weighted by Crippen LogP contribution is 2.43. The SMILES string of the molecule is CNC1CC=CCC1c1sc2c(NCc3cccs3)cc(Cl)nc2c1C#CCCO. The Morgan fingerprint density at radius 1 is 1.33 bits per heavy atom. The Morgan fingerprint density at radius 2 is 2.20 bits per heavy atom. The summed E-state index contributed by atoms with van der Waals surface area (Å²) in [4.78, 5) is 7.17. The number of pyridine rings is 1. The van der Waals surface area contributed by atoms with Gasteiger partial charge in [0.1, 0.15) is 10.7 Å². The first kappa shape index (κ1) is 21.4. The van der Waals surface area contributed by atoms with Gasteiger partial charge in [0.05, 0.1) is 22.6 Å². The molecule has 4 rings (SSSR count). The predicted octanol–water partition coefficient (Wildman–Crippen LogP) is 5.38. The molecule has 0 spiro atoms. The van der Waals surface area contributed by atoms with E-state index in [1.165, 1.54) is 9.75 Å². The summed E-state index contributed by atoms with van der Waals surface area (Å²) in [7, 11) is 2.02. The Hall–Kier alpha value is -1.88. The normalized spacial score (nSPS) is 18.4. The van der Waals surface area contributed by atoms with Crippen molar-refractivity contribution in [3.05, 3.63) is 56.2 Å². The number of aliphatic hydroxyl groups excluding tert-OH is 1. The second-order valence-corrected chi connectivity index (χ2v) is 9.64. The van der Waals surface area contributed by atoms with Crippen LogP contribution in [0.2, 0.25) is 5.15 Å². The average molecular weight is 458 g/mol. The van der Waals surface area contributed by atoms with E-state index in [1.54, 1.807) is 22.7 Å². The molecule has 3 aromatic heterocycles. The van der Waals surface area contributed by atoms with Gasteiger partial charge in [-0.3, -0.25) is 0 Å². The number of thiophene rings is 2. The van der Waals surface area contributed by atoms with E-state index >= 15 is 0 Å². The highest BCUT2D eigenvalue weighted by Gasteiger charge is 2.28. The molecule has 0 radical (unpaired) electrons. The molecule has 156 valence electrons. The Bertz CT molecular complexity index is 1100. The van der Waals surface area contributed by atoms with Crippen molar-refractivity contribution in [2.24, 2.45) is 0 Å². The van der Waals surface area contributed by atoms with Crippen LogP contribution >= 0.6 is 34.3 Å². The van der Waals surface area contributed by atoms with Crippen LogP contribution < -0.4 is 10.6 Å². The summed E-state index contributed by atoms with van der Waals surface area (Å²) in [6.45, 7) is 0.800. The fourth-order valence-corrected chi connectivity index (χ4v) is 6.00. The molecule has 0 amide bonds. The van der Waals surface area contributed by atoms with Crippen LogP contribution in [0.3, 0.4) is 0 Å². The number of likely N-dealkylation sites (N-methyl/N-ethyl adjacent to an activating group) is 1. The summed E-state index contributed by atoms with van der Waals surface area (Å²) in [6.07, 6.45) is 6.91. The average Bonchev–Trinajstić information content (AvgIpc) is 3.40. The number of fused-ring (bicyclic) bond motifs is 1. The molecule has 0 fully saturated rings. The lowest BCUT2D eigenvalue weighted by molar-refractivity contribution is 0.305. The number of aromatic nitrogens is 1. The summed E-state index contributed by atoms with van der Waals surface area (Å²) in [5, 5.41) is 18.7. The van der Waals surface area contributed by atoms with Crippen LogP contribution in [0.15, 0.2) is 35.7 Å². The topological polar surface area (TPSA) is 57.2 Å². The number of hydrogen-bond acceptors (Lipinski definition) is 6. The predicted molar refractivity (Wildman–Crippen MR) is 129 cm³/mol. The molecule has 0 saturated heterocycles. The van der Waals surface area contributed by atoms with E-state index in [1.807, 2.05) is 13.1 Å². The zero-order valence-corrected chi connectivity index (χ0v) is 19.1. The third-order valence-corrected chi connectivity index (χ3v) is 7.67. The summed E-state index contributed by atoms with van der Waals surface area (Å²) < 4.78 is 1.09. The highest BCUT2D eigenvalue weighted by molar-refractivity contribution is 7.20. The van der Waals surface area contributed by atoms with Crippen LogP contribution in [0.25, 0.3) is 10.2 Å². The van der Waals surface area contributed by atoms with Gasteiger partial charge in [0, 0.05) is 40.7 Å². The van der Waals surface area contributed by atoms with Crippen LogP contribution in [-0.2, 0) is 6.54 Å². The van der Waals surface area contributed by atoms with E-state index < -0.39 is 0 Å². The van der Waals surface area contributed by atoms with Gasteiger partial charge in [0.15, 0.2) is 0 Å². The second-order valence-electron chi connectivity index (χ2n) is 7.16. The third kappa shape index (κ3) is 4.56. The van der Waals surface area contributed by atoms with Crippen molar-refractivity contribution < 1.29 is 5.11 Å². The van der Waals surface area contributed by atoms with E-state index in [0.29, 0.717) is 23.5 Å². The molecular formula is C23H24ClN3OS2. The van der Waals surface area contributed by atoms with Gasteiger partial charge in [-0.15, -0.1) is 22.7 Å². The number of nitrogens with one attached hydrogen (secondary N) is 2. The zero-order valence-electron chi connectivity index (χ0n) is 16.7. The van der Waals surface area contributed by atoms with Gasteiger partial charge in [0.2, 0.25) is 0 Å². The molecule has 3 aromatic rings. The molecule has 2 unspecified atom stereocenters. The summed E-state index contributed by atoms with van der Waals surface area (Å²) in [5.74, 6) is 6.74. The number of aliphatic hydroxyl groups is 1. The molecule has 4 nitrogen and oxygen atoms in total. The first-order valence-corrected chi connectivity index (χ1v) is 12.1. The molecule has 1 aliphatic carbocycles. The van der Waals surface area contributed by atoms with Crippen LogP contribution in [0.1, 0.15) is 40.5 Å². The van der Waals surface area contributed by atoms with Gasteiger partial charge in [-0.05, 0) is 31.3 Å². The molecule has 1 aliphatic rings. The van der Waals surface area contributed by atoms with Crippen molar-refractivity contribution >= 4 is 50.2 Å². The monoisotopic (exact) mass is 457 g/mol. The van der Waals surface area contributed by atoms with Gasteiger partial charge in [-0.25, -0.2) is 4.98 Å². The molecule has 0 saturated carbocycles. The first-order chi connectivity index (χ1) is 14.7. The van der Waals surface area contributed by atoms with E-state index in [2.05, 4.69) is 57.1 Å². The smallest absolute Gasteiger partial charge is 0.131 e. The van der Waals surface area contributed by atoms with Crippen molar-refractivity contribution in [3.8, 4) is 11.8 Å². The number of hydrogen-bond donors (Lipinski definition) is 3. The van der Waals surface area contributed by atoms with Gasteiger partial charge in [0.25, 0.3) is 0 Å². The third-order valence-electron chi connectivity index (χ3n) is 5.26. The number of nitrogens with zero attached hydrogens (tertiary/aromatic N) is 1. The molecule has 2 atom stereocenters. The van der Waals surface area contributed by atoms with E-state index in [-0.39, 0.29) is 6.61 Å². The lowest BCUT2D eigenvalue weighted by atomic mass is 9.86.